The second-order valence-corrected chi connectivity index (χ2v) is 9.37. The van der Waals surface area contributed by atoms with Crippen LogP contribution in [0.2, 0.25) is 0 Å². The van der Waals surface area contributed by atoms with Crippen molar-refractivity contribution in [3.8, 4) is 6.07 Å². The molecule has 0 aliphatic carbocycles. The van der Waals surface area contributed by atoms with Crippen LogP contribution in [0.4, 0.5) is 20.6 Å². The lowest BCUT2D eigenvalue weighted by Gasteiger charge is -2.32. The number of nitriles is 1. The van der Waals surface area contributed by atoms with Crippen LogP contribution >= 0.6 is 0 Å². The number of amides is 3. The zero-order valence-electron chi connectivity index (χ0n) is 20.5. The molecule has 7 nitrogen and oxygen atoms in total. The number of likely N-dealkylation sites (tertiary alicyclic amines) is 1. The molecule has 0 radical (unpaired) electrons. The number of primary amides is 1. The number of hydrogen-bond acceptors (Lipinski definition) is 4. The lowest BCUT2D eigenvalue weighted by Crippen LogP contribution is -2.35. The van der Waals surface area contributed by atoms with Gasteiger partial charge in [0.05, 0.1) is 11.6 Å². The number of anilines is 2. The number of rotatable bonds is 8. The first-order valence-corrected chi connectivity index (χ1v) is 12.4. The van der Waals surface area contributed by atoms with Crippen LogP contribution in [0, 0.1) is 23.1 Å². The van der Waals surface area contributed by atoms with Crippen LogP contribution in [0.5, 0.6) is 0 Å². The van der Waals surface area contributed by atoms with E-state index in [0.29, 0.717) is 34.8 Å². The zero-order chi connectivity index (χ0) is 26.2. The summed E-state index contributed by atoms with van der Waals surface area (Å²) in [6.45, 7) is 2.70. The number of piperidine rings is 1. The summed E-state index contributed by atoms with van der Waals surface area (Å²) in [4.78, 5) is 26.8. The first-order valence-electron chi connectivity index (χ1n) is 12.4. The van der Waals surface area contributed by atoms with Crippen LogP contribution in [0.1, 0.15) is 39.9 Å². The summed E-state index contributed by atoms with van der Waals surface area (Å²) in [5.41, 5.74) is 9.43. The van der Waals surface area contributed by atoms with Gasteiger partial charge in [-0.1, -0.05) is 18.2 Å². The molecule has 0 spiro atoms. The van der Waals surface area contributed by atoms with Crippen molar-refractivity contribution in [1.29, 1.82) is 5.26 Å². The fraction of sp³-hybridized carbons (Fsp3) is 0.276. The molecule has 3 aromatic rings. The van der Waals surface area contributed by atoms with Gasteiger partial charge < -0.3 is 21.3 Å². The summed E-state index contributed by atoms with van der Waals surface area (Å²) >= 11 is 0. The number of carbonyl (C=O) groups is 2. The lowest BCUT2D eigenvalue weighted by molar-refractivity contribution is 0.1000. The number of halogens is 1. The van der Waals surface area contributed by atoms with E-state index in [4.69, 9.17) is 11.0 Å². The van der Waals surface area contributed by atoms with Crippen molar-refractivity contribution in [2.45, 2.75) is 25.7 Å². The SMILES string of the molecule is N#Cc1cccc(NC(=O)Nc2ccc(C(N)=O)cc2CCN2CCC(Cc3ccc(F)cc3)CC2)c1. The van der Waals surface area contributed by atoms with Crippen LogP contribution in [-0.4, -0.2) is 36.5 Å². The predicted molar refractivity (Wildman–Crippen MR) is 142 cm³/mol. The minimum atomic E-state index is -0.521. The maximum absolute atomic E-state index is 13.2. The van der Waals surface area contributed by atoms with Crippen LogP contribution in [0.25, 0.3) is 0 Å². The van der Waals surface area contributed by atoms with E-state index in [2.05, 4.69) is 15.5 Å². The van der Waals surface area contributed by atoms with Gasteiger partial charge in [-0.05, 0) is 104 Å². The van der Waals surface area contributed by atoms with Crippen LogP contribution < -0.4 is 16.4 Å². The van der Waals surface area contributed by atoms with Gasteiger partial charge in [-0.25, -0.2) is 9.18 Å². The highest BCUT2D eigenvalue weighted by Gasteiger charge is 2.20. The molecule has 0 atom stereocenters. The Hall–Kier alpha value is -4.22. The average Bonchev–Trinajstić information content (AvgIpc) is 2.90. The molecule has 1 fully saturated rings. The van der Waals surface area contributed by atoms with E-state index in [-0.39, 0.29) is 5.82 Å². The van der Waals surface area contributed by atoms with Gasteiger partial charge in [0.15, 0.2) is 0 Å². The van der Waals surface area contributed by atoms with Gasteiger partial charge in [0.25, 0.3) is 0 Å². The van der Waals surface area contributed by atoms with Gasteiger partial charge >= 0.3 is 6.03 Å². The van der Waals surface area contributed by atoms with Crippen molar-refractivity contribution in [3.05, 3.63) is 94.8 Å². The van der Waals surface area contributed by atoms with Crippen LogP contribution in [-0.2, 0) is 12.8 Å². The molecule has 1 aliphatic rings. The fourth-order valence-corrected chi connectivity index (χ4v) is 4.67. The Morgan fingerprint density at radius 3 is 2.49 bits per heavy atom. The third kappa shape index (κ3) is 7.38. The normalized spacial score (nSPS) is 14.1. The minimum Gasteiger partial charge on any atom is -0.366 e. The lowest BCUT2D eigenvalue weighted by atomic mass is 9.90. The first-order chi connectivity index (χ1) is 17.9. The Bertz CT molecular complexity index is 1290. The quantitative estimate of drug-likeness (QED) is 0.408. The highest BCUT2D eigenvalue weighted by Crippen LogP contribution is 2.24. The van der Waals surface area contributed by atoms with Gasteiger partial charge in [-0.2, -0.15) is 5.26 Å². The van der Waals surface area contributed by atoms with Crippen LogP contribution in [0.15, 0.2) is 66.7 Å². The Morgan fingerprint density at radius 2 is 1.78 bits per heavy atom. The standard InChI is InChI=1S/C29H30FN5O2/c30-25-7-4-20(5-8-25)16-21-10-13-35(14-11-21)15-12-23-18-24(28(32)36)6-9-27(23)34-29(37)33-26-3-1-2-22(17-26)19-31/h1-9,17-18,21H,10-16H2,(H2,32,36)(H2,33,34,37). The van der Waals surface area contributed by atoms with Gasteiger partial charge in [0.2, 0.25) is 5.91 Å². The molecule has 0 unspecified atom stereocenters. The van der Waals surface area contributed by atoms with Crippen molar-refractivity contribution in [3.63, 3.8) is 0 Å². The molecular weight excluding hydrogens is 469 g/mol. The molecule has 4 rings (SSSR count). The summed E-state index contributed by atoms with van der Waals surface area (Å²) in [5.74, 6) is -0.161. The van der Waals surface area contributed by atoms with Crippen molar-refractivity contribution in [2.24, 2.45) is 11.7 Å². The summed E-state index contributed by atoms with van der Waals surface area (Å²) in [5, 5.41) is 14.7. The Kier molecular flexibility index (Phi) is 8.49. The molecule has 4 N–H and O–H groups in total. The molecule has 190 valence electrons. The molecule has 1 saturated heterocycles. The highest BCUT2D eigenvalue weighted by atomic mass is 19.1. The molecule has 3 aromatic carbocycles. The van der Waals surface area contributed by atoms with E-state index in [9.17, 15) is 14.0 Å². The number of nitrogens with zero attached hydrogens (tertiary/aromatic N) is 2. The Labute approximate surface area is 216 Å². The van der Waals surface area contributed by atoms with Crippen molar-refractivity contribution >= 4 is 23.3 Å². The summed E-state index contributed by atoms with van der Waals surface area (Å²) in [7, 11) is 0. The molecule has 1 aliphatic heterocycles. The number of carbonyl (C=O) groups excluding carboxylic acids is 2. The van der Waals surface area contributed by atoms with E-state index in [1.807, 2.05) is 18.2 Å². The highest BCUT2D eigenvalue weighted by molar-refractivity contribution is 6.01. The molecule has 3 amide bonds. The number of nitrogens with one attached hydrogen (secondary N) is 2. The van der Waals surface area contributed by atoms with Crippen molar-refractivity contribution in [1.82, 2.24) is 4.90 Å². The topological polar surface area (TPSA) is 111 Å². The predicted octanol–water partition coefficient (Wildman–Crippen LogP) is 4.94. The van der Waals surface area contributed by atoms with E-state index in [0.717, 1.165) is 50.0 Å². The van der Waals surface area contributed by atoms with Crippen molar-refractivity contribution < 1.29 is 14.0 Å². The molecule has 0 aromatic heterocycles. The summed E-state index contributed by atoms with van der Waals surface area (Å²) in [6.07, 6.45) is 3.72. The monoisotopic (exact) mass is 499 g/mol. The third-order valence-corrected chi connectivity index (χ3v) is 6.73. The molecule has 0 bridgehead atoms. The number of benzene rings is 3. The maximum atomic E-state index is 13.2. The number of hydrogen-bond donors (Lipinski definition) is 3. The Balaban J connectivity index is 1.35. The van der Waals surface area contributed by atoms with E-state index in [1.54, 1.807) is 42.5 Å². The van der Waals surface area contributed by atoms with Gasteiger partial charge in [-0.15, -0.1) is 0 Å². The number of urea groups is 1. The second kappa shape index (κ2) is 12.2. The zero-order valence-corrected chi connectivity index (χ0v) is 20.5. The third-order valence-electron chi connectivity index (χ3n) is 6.73. The van der Waals surface area contributed by atoms with Gasteiger partial charge in [-0.3, -0.25) is 4.79 Å². The fourth-order valence-electron chi connectivity index (χ4n) is 4.67. The molecule has 8 heteroatoms. The summed E-state index contributed by atoms with van der Waals surface area (Å²) in [6, 6.07) is 20.0. The maximum Gasteiger partial charge on any atom is 0.323 e. The molecule has 0 saturated carbocycles. The smallest absolute Gasteiger partial charge is 0.323 e. The number of nitrogens with two attached hydrogens (primary N) is 1. The van der Waals surface area contributed by atoms with Crippen molar-refractivity contribution in [2.75, 3.05) is 30.3 Å². The van der Waals surface area contributed by atoms with E-state index in [1.165, 1.54) is 12.1 Å². The largest absolute Gasteiger partial charge is 0.366 e. The average molecular weight is 500 g/mol. The first kappa shape index (κ1) is 25.9. The summed E-state index contributed by atoms with van der Waals surface area (Å²) < 4.78 is 13.2. The van der Waals surface area contributed by atoms with Gasteiger partial charge in [0, 0.05) is 23.5 Å². The molecule has 1 heterocycles. The second-order valence-electron chi connectivity index (χ2n) is 9.37. The van der Waals surface area contributed by atoms with E-state index < -0.39 is 11.9 Å². The molecule has 37 heavy (non-hydrogen) atoms. The van der Waals surface area contributed by atoms with E-state index >= 15 is 0 Å². The molecular formula is C29H30FN5O2. The Morgan fingerprint density at radius 1 is 1.03 bits per heavy atom. The van der Waals surface area contributed by atoms with Gasteiger partial charge in [0.1, 0.15) is 5.82 Å². The minimum absolute atomic E-state index is 0.210. The van der Waals surface area contributed by atoms with Crippen LogP contribution in [0.3, 0.4) is 0 Å².